The third-order valence-electron chi connectivity index (χ3n) is 5.63. The predicted molar refractivity (Wildman–Crippen MR) is 120 cm³/mol. The van der Waals surface area contributed by atoms with Gasteiger partial charge in [0.25, 0.3) is 10.0 Å². The lowest BCUT2D eigenvalue weighted by molar-refractivity contribution is 0.246. The summed E-state index contributed by atoms with van der Waals surface area (Å²) in [6, 6.07) is 9.66. The number of rotatable bonds is 6. The number of hydrogen-bond donors (Lipinski definition) is 1. The molecule has 0 bridgehead atoms. The van der Waals surface area contributed by atoms with E-state index in [1.165, 1.54) is 24.3 Å². The highest BCUT2D eigenvalue weighted by Crippen LogP contribution is 2.29. The first kappa shape index (κ1) is 22.8. The maximum Gasteiger partial charge on any atom is 0.262 e. The molecule has 2 aromatic carbocycles. The van der Waals surface area contributed by atoms with Crippen LogP contribution in [0.15, 0.2) is 46.2 Å². The van der Waals surface area contributed by atoms with Crippen molar-refractivity contribution in [1.29, 1.82) is 0 Å². The number of benzene rings is 2. The van der Waals surface area contributed by atoms with Crippen molar-refractivity contribution >= 4 is 25.7 Å². The highest BCUT2D eigenvalue weighted by atomic mass is 32.2. The summed E-state index contributed by atoms with van der Waals surface area (Å²) >= 11 is 0. The number of nitrogens with zero attached hydrogens (tertiary/aromatic N) is 1. The highest BCUT2D eigenvalue weighted by Gasteiger charge is 2.32. The van der Waals surface area contributed by atoms with Crippen LogP contribution in [-0.4, -0.2) is 33.7 Å². The SMILES string of the molecule is CCC1CCCCN1S(=O)(=O)c1ccc(NS(=O)(=O)c2c(C)cc(C)cc2C)cc1. The minimum atomic E-state index is -3.78. The molecule has 1 aliphatic heterocycles. The van der Waals surface area contributed by atoms with Crippen LogP contribution in [0, 0.1) is 20.8 Å². The molecule has 8 heteroatoms. The topological polar surface area (TPSA) is 83.6 Å². The van der Waals surface area contributed by atoms with Gasteiger partial charge in [-0.2, -0.15) is 4.31 Å². The largest absolute Gasteiger partial charge is 0.280 e. The zero-order valence-corrected chi connectivity index (χ0v) is 19.6. The predicted octanol–water partition coefficient (Wildman–Crippen LogP) is 4.37. The van der Waals surface area contributed by atoms with Gasteiger partial charge in [0.15, 0.2) is 0 Å². The van der Waals surface area contributed by atoms with Crippen LogP contribution < -0.4 is 4.72 Å². The summed E-state index contributed by atoms with van der Waals surface area (Å²) in [6.45, 7) is 8.00. The van der Waals surface area contributed by atoms with Crippen LogP contribution in [0.2, 0.25) is 0 Å². The molecule has 0 aromatic heterocycles. The van der Waals surface area contributed by atoms with E-state index in [1.54, 1.807) is 18.2 Å². The monoisotopic (exact) mass is 450 g/mol. The Morgan fingerprint density at radius 2 is 1.57 bits per heavy atom. The van der Waals surface area contributed by atoms with Gasteiger partial charge in [0.2, 0.25) is 10.0 Å². The van der Waals surface area contributed by atoms with Crippen LogP contribution in [-0.2, 0) is 20.0 Å². The second-order valence-corrected chi connectivity index (χ2v) is 11.5. The molecule has 0 radical (unpaired) electrons. The first-order valence-corrected chi connectivity index (χ1v) is 13.2. The van der Waals surface area contributed by atoms with E-state index in [1.807, 2.05) is 26.0 Å². The zero-order chi connectivity index (χ0) is 22.1. The molecule has 2 aromatic rings. The summed E-state index contributed by atoms with van der Waals surface area (Å²) in [4.78, 5) is 0.442. The molecule has 0 amide bonds. The molecular formula is C22H30N2O4S2. The Kier molecular flexibility index (Phi) is 6.60. The van der Waals surface area contributed by atoms with E-state index in [4.69, 9.17) is 0 Å². The van der Waals surface area contributed by atoms with E-state index >= 15 is 0 Å². The molecule has 1 N–H and O–H groups in total. The fourth-order valence-corrected chi connectivity index (χ4v) is 7.61. The highest BCUT2D eigenvalue weighted by molar-refractivity contribution is 7.92. The number of sulfonamides is 2. The van der Waals surface area contributed by atoms with Gasteiger partial charge < -0.3 is 0 Å². The molecule has 0 aliphatic carbocycles. The lowest BCUT2D eigenvalue weighted by Gasteiger charge is -2.34. The van der Waals surface area contributed by atoms with Crippen molar-refractivity contribution in [3.63, 3.8) is 0 Å². The third kappa shape index (κ3) is 4.55. The number of aryl methyl sites for hydroxylation is 3. The van der Waals surface area contributed by atoms with E-state index in [0.29, 0.717) is 23.4 Å². The Morgan fingerprint density at radius 3 is 2.13 bits per heavy atom. The molecule has 1 saturated heterocycles. The lowest BCUT2D eigenvalue weighted by Crippen LogP contribution is -2.43. The average Bonchev–Trinajstić information content (AvgIpc) is 2.67. The van der Waals surface area contributed by atoms with Gasteiger partial charge in [-0.3, -0.25) is 4.72 Å². The van der Waals surface area contributed by atoms with Gasteiger partial charge in [-0.05, 0) is 75.4 Å². The van der Waals surface area contributed by atoms with Gasteiger partial charge in [0.05, 0.1) is 9.79 Å². The average molecular weight is 451 g/mol. The summed E-state index contributed by atoms with van der Waals surface area (Å²) in [7, 11) is -7.38. The standard InChI is InChI=1S/C22H30N2O4S2/c1-5-20-8-6-7-13-24(20)30(27,28)21-11-9-19(10-12-21)23-29(25,26)22-17(3)14-16(2)15-18(22)4/h9-12,14-15,20,23H,5-8,13H2,1-4H3. The van der Waals surface area contributed by atoms with Crippen molar-refractivity contribution in [3.8, 4) is 0 Å². The summed E-state index contributed by atoms with van der Waals surface area (Å²) in [5.74, 6) is 0. The number of hydrogen-bond acceptors (Lipinski definition) is 4. The zero-order valence-electron chi connectivity index (χ0n) is 18.0. The summed E-state index contributed by atoms with van der Waals surface area (Å²) in [5.41, 5.74) is 2.69. The molecule has 1 aliphatic rings. The fourth-order valence-electron chi connectivity index (χ4n) is 4.33. The molecule has 1 heterocycles. The quantitative estimate of drug-likeness (QED) is 0.708. The maximum absolute atomic E-state index is 13.1. The van der Waals surface area contributed by atoms with Gasteiger partial charge in [-0.15, -0.1) is 0 Å². The first-order chi connectivity index (χ1) is 14.1. The Bertz CT molecular complexity index is 1100. The molecule has 1 fully saturated rings. The van der Waals surface area contributed by atoms with Crippen molar-refractivity contribution < 1.29 is 16.8 Å². The van der Waals surface area contributed by atoms with E-state index in [2.05, 4.69) is 4.72 Å². The molecule has 1 unspecified atom stereocenters. The van der Waals surface area contributed by atoms with Crippen LogP contribution >= 0.6 is 0 Å². The van der Waals surface area contributed by atoms with Crippen molar-refractivity contribution in [2.75, 3.05) is 11.3 Å². The van der Waals surface area contributed by atoms with E-state index in [9.17, 15) is 16.8 Å². The third-order valence-corrected chi connectivity index (χ3v) is 9.28. The second kappa shape index (κ2) is 8.69. The molecule has 0 spiro atoms. The number of piperidine rings is 1. The minimum Gasteiger partial charge on any atom is -0.280 e. The molecular weight excluding hydrogens is 420 g/mol. The smallest absolute Gasteiger partial charge is 0.262 e. The van der Waals surface area contributed by atoms with E-state index in [0.717, 1.165) is 31.2 Å². The van der Waals surface area contributed by atoms with Crippen LogP contribution in [0.25, 0.3) is 0 Å². The Morgan fingerprint density at radius 1 is 0.967 bits per heavy atom. The summed E-state index contributed by atoms with van der Waals surface area (Å²) in [5, 5.41) is 0. The summed E-state index contributed by atoms with van der Waals surface area (Å²) < 4.78 is 56.2. The van der Waals surface area contributed by atoms with Crippen molar-refractivity contribution in [2.45, 2.75) is 69.2 Å². The molecule has 30 heavy (non-hydrogen) atoms. The van der Waals surface area contributed by atoms with Crippen LogP contribution in [0.1, 0.15) is 49.3 Å². The lowest BCUT2D eigenvalue weighted by atomic mass is 10.0. The fraction of sp³-hybridized carbons (Fsp3) is 0.455. The van der Waals surface area contributed by atoms with Gasteiger partial charge in [-0.25, -0.2) is 16.8 Å². The first-order valence-electron chi connectivity index (χ1n) is 10.3. The normalized spacial score (nSPS) is 18.3. The van der Waals surface area contributed by atoms with Gasteiger partial charge in [-0.1, -0.05) is 31.0 Å². The van der Waals surface area contributed by atoms with Crippen LogP contribution in [0.5, 0.6) is 0 Å². The molecule has 164 valence electrons. The van der Waals surface area contributed by atoms with E-state index < -0.39 is 20.0 Å². The second-order valence-electron chi connectivity index (χ2n) is 8.03. The number of nitrogens with one attached hydrogen (secondary N) is 1. The minimum absolute atomic E-state index is 0.0226. The van der Waals surface area contributed by atoms with Crippen molar-refractivity contribution in [1.82, 2.24) is 4.31 Å². The molecule has 6 nitrogen and oxygen atoms in total. The van der Waals surface area contributed by atoms with Gasteiger partial charge >= 0.3 is 0 Å². The van der Waals surface area contributed by atoms with Gasteiger partial charge in [0, 0.05) is 18.3 Å². The van der Waals surface area contributed by atoms with Gasteiger partial charge in [0.1, 0.15) is 0 Å². The Balaban J connectivity index is 1.86. The summed E-state index contributed by atoms with van der Waals surface area (Å²) in [6.07, 6.45) is 3.57. The molecule has 0 saturated carbocycles. The number of anilines is 1. The van der Waals surface area contributed by atoms with Crippen molar-refractivity contribution in [3.05, 3.63) is 53.1 Å². The van der Waals surface area contributed by atoms with Crippen LogP contribution in [0.4, 0.5) is 5.69 Å². The van der Waals surface area contributed by atoms with Crippen molar-refractivity contribution in [2.24, 2.45) is 0 Å². The molecule has 1 atom stereocenters. The Labute approximate surface area is 180 Å². The van der Waals surface area contributed by atoms with Crippen LogP contribution in [0.3, 0.4) is 0 Å². The van der Waals surface area contributed by atoms with E-state index in [-0.39, 0.29) is 15.8 Å². The molecule has 3 rings (SSSR count). The maximum atomic E-state index is 13.1. The Hall–Kier alpha value is -1.90.